The van der Waals surface area contributed by atoms with Gasteiger partial charge >= 0.3 is 0 Å². The Kier molecular flexibility index (Phi) is 3.25. The fourth-order valence-electron chi connectivity index (χ4n) is 3.44. The lowest BCUT2D eigenvalue weighted by atomic mass is 9.99. The van der Waals surface area contributed by atoms with Gasteiger partial charge in [-0.05, 0) is 35.4 Å². The molecule has 3 aromatic rings. The van der Waals surface area contributed by atoms with Crippen molar-refractivity contribution in [3.63, 3.8) is 0 Å². The van der Waals surface area contributed by atoms with Gasteiger partial charge in [-0.2, -0.15) is 0 Å². The van der Waals surface area contributed by atoms with Crippen LogP contribution in [0.25, 0.3) is 16.7 Å². The molecule has 1 aromatic heterocycles. The van der Waals surface area contributed by atoms with Gasteiger partial charge < -0.3 is 16.0 Å². The summed E-state index contributed by atoms with van der Waals surface area (Å²) in [6.45, 7) is 0.687. The molecule has 2 aliphatic rings. The minimum absolute atomic E-state index is 0.0993. The van der Waals surface area contributed by atoms with E-state index in [4.69, 9.17) is 0 Å². The van der Waals surface area contributed by atoms with E-state index in [9.17, 15) is 4.79 Å². The maximum absolute atomic E-state index is 12.6. The van der Waals surface area contributed by atoms with Crippen molar-refractivity contribution in [1.82, 2.24) is 10.3 Å². The molecule has 0 aliphatic carbocycles. The van der Waals surface area contributed by atoms with Crippen molar-refractivity contribution in [1.29, 1.82) is 0 Å². The van der Waals surface area contributed by atoms with Crippen LogP contribution >= 0.6 is 0 Å². The Balaban J connectivity index is 1.62. The maximum atomic E-state index is 12.6. The van der Waals surface area contributed by atoms with Gasteiger partial charge in [0.1, 0.15) is 5.82 Å². The number of benzene rings is 2. The van der Waals surface area contributed by atoms with Crippen LogP contribution in [0, 0.1) is 0 Å². The summed E-state index contributed by atoms with van der Waals surface area (Å²) in [5.41, 5.74) is 6.62. The van der Waals surface area contributed by atoms with Gasteiger partial charge in [0.05, 0.1) is 5.57 Å². The Labute approximate surface area is 150 Å². The zero-order chi connectivity index (χ0) is 17.5. The van der Waals surface area contributed by atoms with Crippen molar-refractivity contribution in [3.05, 3.63) is 83.9 Å². The van der Waals surface area contributed by atoms with E-state index in [1.807, 2.05) is 54.7 Å². The van der Waals surface area contributed by atoms with Crippen molar-refractivity contribution >= 4 is 22.9 Å². The zero-order valence-corrected chi connectivity index (χ0v) is 13.9. The summed E-state index contributed by atoms with van der Waals surface area (Å²) < 4.78 is 0. The fraction of sp³-hybridized carbons (Fsp3) is 0.0476. The van der Waals surface area contributed by atoms with Gasteiger partial charge in [-0.25, -0.2) is 0 Å². The molecule has 0 unspecified atom stereocenters. The summed E-state index contributed by atoms with van der Waals surface area (Å²) in [7, 11) is 0. The third-order valence-electron chi connectivity index (χ3n) is 4.74. The Hall–Kier alpha value is -3.60. The average Bonchev–Trinajstić information content (AvgIpc) is 3.03. The molecule has 0 atom stereocenters. The maximum Gasteiger partial charge on any atom is 0.260 e. The second-order valence-corrected chi connectivity index (χ2v) is 6.34. The lowest BCUT2D eigenvalue weighted by Gasteiger charge is -2.24. The highest BCUT2D eigenvalue weighted by Crippen LogP contribution is 2.37. The second kappa shape index (κ2) is 5.74. The number of hydrogen-bond donors (Lipinski definition) is 3. The Morgan fingerprint density at radius 2 is 1.81 bits per heavy atom. The minimum atomic E-state index is -0.0993. The Bertz CT molecular complexity index is 1060. The van der Waals surface area contributed by atoms with Crippen LogP contribution in [0.3, 0.4) is 0 Å². The molecule has 0 radical (unpaired) electrons. The lowest BCUT2D eigenvalue weighted by molar-refractivity contribution is -0.110. The molecule has 3 heterocycles. The van der Waals surface area contributed by atoms with Gasteiger partial charge in [0.25, 0.3) is 5.91 Å². The van der Waals surface area contributed by atoms with E-state index in [2.05, 4.69) is 27.0 Å². The molecule has 5 rings (SSSR count). The molecule has 1 amide bonds. The number of pyridine rings is 1. The smallest absolute Gasteiger partial charge is 0.260 e. The third kappa shape index (κ3) is 2.33. The second-order valence-electron chi connectivity index (χ2n) is 6.34. The number of anilines is 2. The molecular formula is C21H16N4O. The van der Waals surface area contributed by atoms with Crippen LogP contribution in [0.2, 0.25) is 0 Å². The molecule has 26 heavy (non-hydrogen) atoms. The van der Waals surface area contributed by atoms with Crippen molar-refractivity contribution in [2.45, 2.75) is 6.54 Å². The summed E-state index contributed by atoms with van der Waals surface area (Å²) in [5.74, 6) is 0.640. The predicted octanol–water partition coefficient (Wildman–Crippen LogP) is 3.58. The highest BCUT2D eigenvalue weighted by atomic mass is 16.2. The number of carbonyl (C=O) groups excluding carboxylic acids is 1. The Morgan fingerprint density at radius 3 is 2.69 bits per heavy atom. The van der Waals surface area contributed by atoms with Gasteiger partial charge in [-0.3, -0.25) is 9.78 Å². The number of nitrogens with zero attached hydrogens (tertiary/aromatic N) is 1. The van der Waals surface area contributed by atoms with Gasteiger partial charge in [0.15, 0.2) is 0 Å². The number of para-hydroxylation sites is 1. The van der Waals surface area contributed by atoms with Crippen molar-refractivity contribution in [2.75, 3.05) is 10.6 Å². The first kappa shape index (κ1) is 14.7. The van der Waals surface area contributed by atoms with Gasteiger partial charge in [0, 0.05) is 41.4 Å². The summed E-state index contributed by atoms with van der Waals surface area (Å²) in [6.07, 6.45) is 3.58. The van der Waals surface area contributed by atoms with Gasteiger partial charge in [-0.15, -0.1) is 0 Å². The molecule has 0 saturated heterocycles. The fourth-order valence-corrected chi connectivity index (χ4v) is 3.44. The molecule has 0 saturated carbocycles. The molecule has 5 heteroatoms. The van der Waals surface area contributed by atoms with Gasteiger partial charge in [0.2, 0.25) is 0 Å². The number of aromatic nitrogens is 1. The zero-order valence-electron chi connectivity index (χ0n) is 13.9. The molecule has 2 aliphatic heterocycles. The average molecular weight is 340 g/mol. The van der Waals surface area contributed by atoms with Crippen LogP contribution in [-0.2, 0) is 11.3 Å². The standard InChI is InChI=1S/C21H16N4O/c26-21-19(20-23-12-15-4-1-2-6-17(15)24-20)16-10-13(7-8-18(16)25-21)14-5-3-9-22-11-14/h1-11,23-24H,12H2,(H,25,26)/b20-19-. The van der Waals surface area contributed by atoms with Gasteiger partial charge in [-0.1, -0.05) is 30.3 Å². The molecule has 0 bridgehead atoms. The van der Waals surface area contributed by atoms with Crippen LogP contribution in [0.5, 0.6) is 0 Å². The van der Waals surface area contributed by atoms with E-state index < -0.39 is 0 Å². The molecule has 2 aromatic carbocycles. The monoisotopic (exact) mass is 340 g/mol. The summed E-state index contributed by atoms with van der Waals surface area (Å²) >= 11 is 0. The van der Waals surface area contributed by atoms with E-state index >= 15 is 0 Å². The molecule has 5 nitrogen and oxygen atoms in total. The molecule has 126 valence electrons. The van der Waals surface area contributed by atoms with E-state index in [0.29, 0.717) is 12.1 Å². The number of nitrogens with one attached hydrogen (secondary N) is 3. The van der Waals surface area contributed by atoms with Crippen molar-refractivity contribution in [2.24, 2.45) is 0 Å². The minimum Gasteiger partial charge on any atom is -0.367 e. The number of hydrogen-bond acceptors (Lipinski definition) is 4. The third-order valence-corrected chi connectivity index (χ3v) is 4.74. The van der Waals surface area contributed by atoms with Crippen molar-refractivity contribution < 1.29 is 4.79 Å². The normalized spacial score (nSPS) is 17.6. The highest BCUT2D eigenvalue weighted by molar-refractivity contribution is 6.32. The number of amides is 1. The van der Waals surface area contributed by atoms with E-state index in [1.54, 1.807) is 6.20 Å². The predicted molar refractivity (Wildman–Crippen MR) is 102 cm³/mol. The van der Waals surface area contributed by atoms with Crippen molar-refractivity contribution in [3.8, 4) is 11.1 Å². The highest BCUT2D eigenvalue weighted by Gasteiger charge is 2.29. The van der Waals surface area contributed by atoms with E-state index in [-0.39, 0.29) is 5.91 Å². The number of carbonyl (C=O) groups is 1. The first-order chi connectivity index (χ1) is 12.8. The topological polar surface area (TPSA) is 66.0 Å². The first-order valence-electron chi connectivity index (χ1n) is 8.49. The molecular weight excluding hydrogens is 324 g/mol. The van der Waals surface area contributed by atoms with Crippen LogP contribution in [-0.4, -0.2) is 10.9 Å². The van der Waals surface area contributed by atoms with E-state index in [1.165, 1.54) is 5.56 Å². The van der Waals surface area contributed by atoms with Crippen LogP contribution in [0.15, 0.2) is 72.8 Å². The molecule has 0 fully saturated rings. The molecule has 3 N–H and O–H groups in total. The SMILES string of the molecule is O=C1Nc2ccc(-c3cccnc3)cc2/C1=C1\NCc2ccccc2N1. The van der Waals surface area contributed by atoms with E-state index in [0.717, 1.165) is 33.9 Å². The molecule has 0 spiro atoms. The summed E-state index contributed by atoms with van der Waals surface area (Å²) in [4.78, 5) is 16.8. The van der Waals surface area contributed by atoms with Crippen LogP contribution < -0.4 is 16.0 Å². The van der Waals surface area contributed by atoms with Crippen LogP contribution in [0.1, 0.15) is 11.1 Å². The quantitative estimate of drug-likeness (QED) is 0.592. The van der Waals surface area contributed by atoms with Crippen LogP contribution in [0.4, 0.5) is 11.4 Å². The lowest BCUT2D eigenvalue weighted by Crippen LogP contribution is -2.28. The summed E-state index contributed by atoms with van der Waals surface area (Å²) in [6, 6.07) is 18.0. The summed E-state index contributed by atoms with van der Waals surface area (Å²) in [5, 5.41) is 9.66. The number of rotatable bonds is 1. The largest absolute Gasteiger partial charge is 0.367 e. The first-order valence-corrected chi connectivity index (χ1v) is 8.49. The number of fused-ring (bicyclic) bond motifs is 2. The Morgan fingerprint density at radius 1 is 0.885 bits per heavy atom.